The minimum absolute atomic E-state index is 0.0434. The number of carbonyl (C=O) groups excluding carboxylic acids is 1. The molecule has 1 amide bonds. The zero-order chi connectivity index (χ0) is 22.0. The van der Waals surface area contributed by atoms with E-state index in [0.717, 1.165) is 31.5 Å². The molecule has 3 aliphatic heterocycles. The average molecular weight is 448 g/mol. The van der Waals surface area contributed by atoms with Gasteiger partial charge in [-0.3, -0.25) is 4.79 Å². The maximum Gasteiger partial charge on any atom is 0.243 e. The van der Waals surface area contributed by atoms with Crippen LogP contribution < -0.4 is 0 Å². The number of amides is 1. The molecule has 0 bridgehead atoms. The minimum Gasteiger partial charge on any atom is -0.342 e. The second-order valence-electron chi connectivity index (χ2n) is 9.70. The van der Waals surface area contributed by atoms with Gasteiger partial charge in [-0.1, -0.05) is 26.0 Å². The molecule has 0 saturated carbocycles. The largest absolute Gasteiger partial charge is 0.342 e. The number of hydrogen-bond donors (Lipinski definition) is 0. The Bertz CT molecular complexity index is 847. The van der Waals surface area contributed by atoms with Gasteiger partial charge in [0, 0.05) is 38.1 Å². The van der Waals surface area contributed by atoms with Gasteiger partial charge in [0.15, 0.2) is 0 Å². The van der Waals surface area contributed by atoms with Crippen LogP contribution in [0, 0.1) is 5.92 Å². The Morgan fingerprint density at radius 2 is 1.45 bits per heavy atom. The predicted molar refractivity (Wildman–Crippen MR) is 122 cm³/mol. The number of rotatable bonds is 5. The Balaban J connectivity index is 1.29. The van der Waals surface area contributed by atoms with Gasteiger partial charge in [-0.05, 0) is 75.2 Å². The van der Waals surface area contributed by atoms with Crippen molar-refractivity contribution < 1.29 is 13.2 Å². The van der Waals surface area contributed by atoms with Crippen LogP contribution in [0.15, 0.2) is 29.2 Å². The molecule has 0 atom stereocenters. The Labute approximate surface area is 187 Å². The number of nitrogens with zero attached hydrogens (tertiary/aromatic N) is 3. The van der Waals surface area contributed by atoms with E-state index in [1.165, 1.54) is 25.9 Å². The van der Waals surface area contributed by atoms with E-state index in [0.29, 0.717) is 42.8 Å². The number of piperidine rings is 2. The molecule has 31 heavy (non-hydrogen) atoms. The molecule has 172 valence electrons. The van der Waals surface area contributed by atoms with Crippen LogP contribution in [0.4, 0.5) is 0 Å². The monoisotopic (exact) mass is 447 g/mol. The first kappa shape index (κ1) is 22.7. The van der Waals surface area contributed by atoms with Crippen molar-refractivity contribution in [3.8, 4) is 0 Å². The number of carbonyl (C=O) groups is 1. The SMILES string of the molecule is CC(C)c1ccc(S(=O)(=O)N2CCC(C(=O)N3CCC(N4CCCC4)CC3)CC2)cc1. The third-order valence-electron chi connectivity index (χ3n) is 7.42. The van der Waals surface area contributed by atoms with Crippen LogP contribution in [0.25, 0.3) is 0 Å². The normalized spacial score (nSPS) is 23.0. The lowest BCUT2D eigenvalue weighted by atomic mass is 9.94. The summed E-state index contributed by atoms with van der Waals surface area (Å²) in [4.78, 5) is 18.0. The zero-order valence-corrected chi connectivity index (χ0v) is 19.8. The fraction of sp³-hybridized carbons (Fsp3) is 0.708. The molecule has 0 aromatic heterocycles. The lowest BCUT2D eigenvalue weighted by Gasteiger charge is -2.39. The van der Waals surface area contributed by atoms with Crippen molar-refractivity contribution in [2.24, 2.45) is 5.92 Å². The van der Waals surface area contributed by atoms with E-state index >= 15 is 0 Å². The van der Waals surface area contributed by atoms with Crippen molar-refractivity contribution in [2.75, 3.05) is 39.3 Å². The van der Waals surface area contributed by atoms with Gasteiger partial charge in [0.05, 0.1) is 4.90 Å². The second-order valence-corrected chi connectivity index (χ2v) is 11.6. The highest BCUT2D eigenvalue weighted by atomic mass is 32.2. The Morgan fingerprint density at radius 1 is 0.871 bits per heavy atom. The van der Waals surface area contributed by atoms with Gasteiger partial charge in [0.1, 0.15) is 0 Å². The van der Waals surface area contributed by atoms with Gasteiger partial charge in [-0.25, -0.2) is 8.42 Å². The summed E-state index contributed by atoms with van der Waals surface area (Å²) in [6.45, 7) is 9.17. The maximum absolute atomic E-state index is 13.1. The van der Waals surface area contributed by atoms with Gasteiger partial charge in [0.25, 0.3) is 0 Å². The van der Waals surface area contributed by atoms with E-state index in [1.54, 1.807) is 16.4 Å². The summed E-state index contributed by atoms with van der Waals surface area (Å²) >= 11 is 0. The third kappa shape index (κ3) is 4.99. The van der Waals surface area contributed by atoms with Crippen LogP contribution >= 0.6 is 0 Å². The highest BCUT2D eigenvalue weighted by Gasteiger charge is 2.35. The molecule has 0 aliphatic carbocycles. The summed E-state index contributed by atoms with van der Waals surface area (Å²) < 4.78 is 27.6. The van der Waals surface area contributed by atoms with Crippen LogP contribution in [0.1, 0.15) is 63.9 Å². The van der Waals surface area contributed by atoms with Crippen LogP contribution in [-0.4, -0.2) is 73.7 Å². The van der Waals surface area contributed by atoms with Crippen molar-refractivity contribution in [1.82, 2.24) is 14.1 Å². The fourth-order valence-corrected chi connectivity index (χ4v) is 6.80. The molecule has 0 N–H and O–H groups in total. The number of benzene rings is 1. The molecule has 0 unspecified atom stereocenters. The van der Waals surface area contributed by atoms with E-state index in [9.17, 15) is 13.2 Å². The van der Waals surface area contributed by atoms with Gasteiger partial charge in [0.2, 0.25) is 15.9 Å². The smallest absolute Gasteiger partial charge is 0.243 e. The first-order valence-electron chi connectivity index (χ1n) is 12.0. The lowest BCUT2D eigenvalue weighted by Crippen LogP contribution is -2.49. The third-order valence-corrected chi connectivity index (χ3v) is 9.33. The van der Waals surface area contributed by atoms with Crippen molar-refractivity contribution in [3.63, 3.8) is 0 Å². The van der Waals surface area contributed by atoms with Gasteiger partial charge < -0.3 is 9.80 Å². The van der Waals surface area contributed by atoms with E-state index in [2.05, 4.69) is 18.7 Å². The molecule has 0 radical (unpaired) electrons. The summed E-state index contributed by atoms with van der Waals surface area (Å²) in [5.41, 5.74) is 1.14. The molecule has 3 saturated heterocycles. The molecule has 1 aromatic carbocycles. The molecule has 1 aromatic rings. The zero-order valence-electron chi connectivity index (χ0n) is 19.0. The minimum atomic E-state index is -3.49. The standard InChI is InChI=1S/C24H37N3O3S/c1-19(2)20-5-7-23(8-6-20)31(29,30)27-17-9-21(10-18-27)24(28)26-15-11-22(12-16-26)25-13-3-4-14-25/h5-8,19,21-22H,3-4,9-18H2,1-2H3. The topological polar surface area (TPSA) is 60.9 Å². The first-order chi connectivity index (χ1) is 14.9. The van der Waals surface area contributed by atoms with E-state index in [1.807, 2.05) is 17.0 Å². The van der Waals surface area contributed by atoms with E-state index in [-0.39, 0.29) is 11.8 Å². The number of sulfonamides is 1. The van der Waals surface area contributed by atoms with Crippen molar-refractivity contribution in [2.45, 2.75) is 69.2 Å². The Kier molecular flexibility index (Phi) is 7.04. The molecule has 3 heterocycles. The van der Waals surface area contributed by atoms with E-state index < -0.39 is 10.0 Å². The summed E-state index contributed by atoms with van der Waals surface area (Å²) in [7, 11) is -3.49. The highest BCUT2D eigenvalue weighted by molar-refractivity contribution is 7.89. The van der Waals surface area contributed by atoms with Crippen LogP contribution in [0.5, 0.6) is 0 Å². The Morgan fingerprint density at radius 3 is 2.00 bits per heavy atom. The molecular weight excluding hydrogens is 410 g/mol. The van der Waals surface area contributed by atoms with Crippen LogP contribution in [0.3, 0.4) is 0 Å². The lowest BCUT2D eigenvalue weighted by molar-refractivity contribution is -0.138. The van der Waals surface area contributed by atoms with Crippen molar-refractivity contribution >= 4 is 15.9 Å². The van der Waals surface area contributed by atoms with Crippen molar-refractivity contribution in [3.05, 3.63) is 29.8 Å². The second kappa shape index (κ2) is 9.59. The van der Waals surface area contributed by atoms with Gasteiger partial charge >= 0.3 is 0 Å². The first-order valence-corrected chi connectivity index (χ1v) is 13.4. The fourth-order valence-electron chi connectivity index (χ4n) is 5.33. The number of likely N-dealkylation sites (tertiary alicyclic amines) is 2. The highest BCUT2D eigenvalue weighted by Crippen LogP contribution is 2.28. The van der Waals surface area contributed by atoms with Crippen LogP contribution in [0.2, 0.25) is 0 Å². The van der Waals surface area contributed by atoms with Gasteiger partial charge in [-0.2, -0.15) is 4.31 Å². The molecule has 7 heteroatoms. The summed E-state index contributed by atoms with van der Waals surface area (Å²) in [5, 5.41) is 0. The molecular formula is C24H37N3O3S. The van der Waals surface area contributed by atoms with Gasteiger partial charge in [-0.15, -0.1) is 0 Å². The predicted octanol–water partition coefficient (Wildman–Crippen LogP) is 3.30. The summed E-state index contributed by atoms with van der Waals surface area (Å²) in [6.07, 6.45) is 6.00. The number of hydrogen-bond acceptors (Lipinski definition) is 4. The average Bonchev–Trinajstić information content (AvgIpc) is 3.34. The van der Waals surface area contributed by atoms with Crippen molar-refractivity contribution in [1.29, 1.82) is 0 Å². The molecule has 4 rings (SSSR count). The summed E-state index contributed by atoms with van der Waals surface area (Å²) in [5.74, 6) is 0.565. The molecule has 6 nitrogen and oxygen atoms in total. The van der Waals surface area contributed by atoms with E-state index in [4.69, 9.17) is 0 Å². The molecule has 3 aliphatic rings. The molecule has 3 fully saturated rings. The Hall–Kier alpha value is -1.44. The summed E-state index contributed by atoms with van der Waals surface area (Å²) in [6, 6.07) is 7.87. The molecule has 0 spiro atoms. The maximum atomic E-state index is 13.1. The quantitative estimate of drug-likeness (QED) is 0.695. The van der Waals surface area contributed by atoms with Crippen LogP contribution in [-0.2, 0) is 14.8 Å².